The molecule has 1 unspecified atom stereocenters. The van der Waals surface area contributed by atoms with Crippen molar-refractivity contribution in [1.82, 2.24) is 5.01 Å². The molecule has 0 saturated carbocycles. The lowest BCUT2D eigenvalue weighted by Gasteiger charge is -2.37. The molecule has 2 aromatic carbocycles. The number of phenols is 2. The molecule has 7 heterocycles. The number of benzene rings is 2. The molecule has 0 radical (unpaired) electrons. The van der Waals surface area contributed by atoms with Crippen LogP contribution in [0, 0.1) is 0 Å². The van der Waals surface area contributed by atoms with Gasteiger partial charge in [0.15, 0.2) is 31.3 Å². The molecule has 0 spiro atoms. The average Bonchev–Trinajstić information content (AvgIpc) is 3.18. The Labute approximate surface area is 318 Å². The number of nitrogens with one attached hydrogen (secondary N) is 1. The summed E-state index contributed by atoms with van der Waals surface area (Å²) in [6, 6.07) is 11.9. The zero-order chi connectivity index (χ0) is 37.0. The van der Waals surface area contributed by atoms with E-state index in [4.69, 9.17) is 11.5 Å². The van der Waals surface area contributed by atoms with Gasteiger partial charge in [0.05, 0.1) is 24.3 Å². The summed E-state index contributed by atoms with van der Waals surface area (Å²) in [5.74, 6) is 0.620. The number of nitrogens with two attached hydrogens (primary N) is 2. The van der Waals surface area contributed by atoms with Crippen LogP contribution in [0.5, 0.6) is 11.5 Å². The Morgan fingerprint density at radius 3 is 2.04 bits per heavy atom. The Kier molecular flexibility index (Phi) is 10.5. The largest absolute Gasteiger partial charge is 0.505 e. The molecule has 282 valence electrons. The molecule has 9 rings (SSSR count). The van der Waals surface area contributed by atoms with Crippen LogP contribution in [0.25, 0.3) is 0 Å². The van der Waals surface area contributed by atoms with Gasteiger partial charge >= 0.3 is 0 Å². The van der Waals surface area contributed by atoms with Crippen molar-refractivity contribution in [2.75, 3.05) is 60.5 Å². The maximum Gasteiger partial charge on any atom is 0.196 e. The van der Waals surface area contributed by atoms with Gasteiger partial charge in [0.25, 0.3) is 0 Å². The molecule has 1 atom stereocenters. The number of aryl methyl sites for hydroxylation is 4. The van der Waals surface area contributed by atoms with Gasteiger partial charge in [-0.25, -0.2) is 19.2 Å². The van der Waals surface area contributed by atoms with E-state index in [1.165, 1.54) is 33.9 Å². The number of aromatic hydroxyl groups is 2. The molecule has 0 fully saturated rings. The normalized spacial score (nSPS) is 18.1. The third kappa shape index (κ3) is 7.66. The van der Waals surface area contributed by atoms with Gasteiger partial charge < -0.3 is 31.5 Å². The summed E-state index contributed by atoms with van der Waals surface area (Å²) in [6.07, 6.45) is 23.3. The van der Waals surface area contributed by atoms with Crippen LogP contribution in [-0.2, 0) is 38.8 Å². The zero-order valence-corrected chi connectivity index (χ0v) is 31.3. The molecule has 12 nitrogen and oxygen atoms in total. The van der Waals surface area contributed by atoms with Gasteiger partial charge in [0.1, 0.15) is 48.4 Å². The average molecular weight is 732 g/mol. The van der Waals surface area contributed by atoms with Crippen LogP contribution in [0.2, 0.25) is 0 Å². The number of phenolic OH excluding ortho intramolecular Hbond substituents is 2. The van der Waals surface area contributed by atoms with E-state index in [0.29, 0.717) is 22.9 Å². The minimum Gasteiger partial charge on any atom is -0.505 e. The van der Waals surface area contributed by atoms with Gasteiger partial charge in [0.2, 0.25) is 0 Å². The third-order valence-electron chi connectivity index (χ3n) is 11.5. The van der Waals surface area contributed by atoms with Gasteiger partial charge in [-0.3, -0.25) is 0 Å². The van der Waals surface area contributed by atoms with Crippen LogP contribution in [0.15, 0.2) is 83.8 Å². The first-order valence-corrected chi connectivity index (χ1v) is 19.9. The van der Waals surface area contributed by atoms with Crippen molar-refractivity contribution in [3.8, 4) is 11.5 Å². The maximum absolute atomic E-state index is 11.0. The number of hydrogen-bond acceptors (Lipinski definition) is 9. The Bertz CT molecular complexity index is 2040. The minimum absolute atomic E-state index is 0.300. The van der Waals surface area contributed by atoms with Crippen LogP contribution >= 0.6 is 0 Å². The van der Waals surface area contributed by atoms with E-state index in [-0.39, 0.29) is 0 Å². The predicted molar refractivity (Wildman–Crippen MR) is 211 cm³/mol. The third-order valence-corrected chi connectivity index (χ3v) is 11.5. The standard InChI is InChI=1S/C30H37N8O.C12H16N2O/c31-25-8-2-11-34(22-25)13-5-17-37-19-20-38(37)18-6-14-35-12-3-9-26(23-35)32-33-28-21-24-7-1-15-36-16-4-10-27(29(24)36)30(28)39;13-10-7-8-3-1-5-14-6-2-4-9(11(8)14)12(10)15/h2-3,8-9,11-12,19-23H,1,4-7,10,13-18,31H2;7,15H,1-6,13H2/q+1;/p+2. The van der Waals surface area contributed by atoms with Crippen LogP contribution in [-0.4, -0.2) is 54.5 Å². The Morgan fingerprint density at radius 2 is 1.35 bits per heavy atom. The second-order valence-corrected chi connectivity index (χ2v) is 15.3. The SMILES string of the molecule is Nc1cc2c3c(c1O)CCCN3CCC2.Nc1ccc[n+](CCCN2C=C[NH+]2CCC[n+]2cccc(N=Nc3cc4c5c(c3O)CCCN5CCC4)c2)c1. The van der Waals surface area contributed by atoms with Crippen molar-refractivity contribution >= 4 is 34.1 Å². The number of rotatable bonds is 10. The summed E-state index contributed by atoms with van der Waals surface area (Å²) >= 11 is 0. The molecule has 0 amide bonds. The molecule has 5 aliphatic heterocycles. The van der Waals surface area contributed by atoms with Crippen molar-refractivity contribution in [3.63, 3.8) is 0 Å². The molecular weight excluding hydrogens is 677 g/mol. The first-order valence-electron chi connectivity index (χ1n) is 19.9. The second-order valence-electron chi connectivity index (χ2n) is 15.3. The van der Waals surface area contributed by atoms with E-state index in [0.717, 1.165) is 133 Å². The predicted octanol–water partition coefficient (Wildman–Crippen LogP) is 4.40. The lowest BCUT2D eigenvalue weighted by atomic mass is 9.90. The van der Waals surface area contributed by atoms with E-state index in [9.17, 15) is 10.2 Å². The maximum atomic E-state index is 11.0. The summed E-state index contributed by atoms with van der Waals surface area (Å²) in [6.45, 7) is 8.37. The monoisotopic (exact) mass is 731 g/mol. The number of anilines is 4. The molecule has 0 aliphatic carbocycles. The molecule has 5 aliphatic rings. The zero-order valence-electron chi connectivity index (χ0n) is 31.3. The first kappa shape index (κ1) is 35.7. The number of hydrogen-bond donors (Lipinski definition) is 5. The molecule has 7 N–H and O–H groups in total. The van der Waals surface area contributed by atoms with Crippen molar-refractivity contribution in [2.45, 2.75) is 77.3 Å². The van der Waals surface area contributed by atoms with Gasteiger partial charge in [-0.1, -0.05) is 0 Å². The summed E-state index contributed by atoms with van der Waals surface area (Å²) in [7, 11) is 0. The number of nitrogen functional groups attached to an aromatic ring is 2. The molecule has 2 aromatic heterocycles. The van der Waals surface area contributed by atoms with Crippen molar-refractivity contribution in [2.24, 2.45) is 10.2 Å². The van der Waals surface area contributed by atoms with Crippen molar-refractivity contribution in [1.29, 1.82) is 0 Å². The molecule has 0 bridgehead atoms. The van der Waals surface area contributed by atoms with Crippen molar-refractivity contribution < 1.29 is 24.4 Å². The van der Waals surface area contributed by atoms with Gasteiger partial charge in [0, 0.05) is 67.2 Å². The van der Waals surface area contributed by atoms with Crippen LogP contribution < -0.4 is 35.4 Å². The molecule has 54 heavy (non-hydrogen) atoms. The lowest BCUT2D eigenvalue weighted by Crippen LogP contribution is -3.17. The molecule has 0 saturated heterocycles. The summed E-state index contributed by atoms with van der Waals surface area (Å²) in [4.78, 5) is 4.83. The highest BCUT2D eigenvalue weighted by molar-refractivity contribution is 5.75. The molecule has 4 aromatic rings. The van der Waals surface area contributed by atoms with Gasteiger partial charge in [-0.15, -0.1) is 10.2 Å². The van der Waals surface area contributed by atoms with E-state index < -0.39 is 0 Å². The molecular formula is C42H55N10O2+3. The fourth-order valence-corrected chi connectivity index (χ4v) is 8.87. The van der Waals surface area contributed by atoms with Gasteiger partial charge in [-0.05, 0) is 86.8 Å². The number of nitrogens with zero attached hydrogens (tertiary/aromatic N) is 7. The number of pyridine rings is 2. The van der Waals surface area contributed by atoms with E-state index in [1.807, 2.05) is 48.8 Å². The number of quaternary nitrogens is 1. The summed E-state index contributed by atoms with van der Waals surface area (Å²) in [5.41, 5.74) is 21.7. The minimum atomic E-state index is 0.300. The fraction of sp³-hybridized carbons (Fsp3) is 0.429. The Balaban J connectivity index is 0.000000228. The quantitative estimate of drug-likeness (QED) is 0.0706. The summed E-state index contributed by atoms with van der Waals surface area (Å²) < 4.78 is 4.32. The van der Waals surface area contributed by atoms with E-state index in [2.05, 4.69) is 59.0 Å². The topological polar surface area (TPSA) is 139 Å². The Morgan fingerprint density at radius 1 is 0.722 bits per heavy atom. The van der Waals surface area contributed by atoms with Crippen LogP contribution in [0.1, 0.15) is 60.8 Å². The van der Waals surface area contributed by atoms with Crippen LogP contribution in [0.4, 0.5) is 34.1 Å². The van der Waals surface area contributed by atoms with Gasteiger partial charge in [-0.2, -0.15) is 0 Å². The van der Waals surface area contributed by atoms with E-state index in [1.54, 1.807) is 0 Å². The molecule has 12 heteroatoms. The number of aromatic nitrogens is 2. The summed E-state index contributed by atoms with van der Waals surface area (Å²) in [5, 5.41) is 33.7. The second kappa shape index (κ2) is 15.9. The van der Waals surface area contributed by atoms with E-state index >= 15 is 0 Å². The first-order chi connectivity index (χ1) is 26.4. The smallest absolute Gasteiger partial charge is 0.196 e. The fourth-order valence-electron chi connectivity index (χ4n) is 8.87. The van der Waals surface area contributed by atoms with Crippen LogP contribution in [0.3, 0.4) is 0 Å². The highest BCUT2D eigenvalue weighted by Crippen LogP contribution is 2.46. The highest BCUT2D eigenvalue weighted by Gasteiger charge is 2.29. The van der Waals surface area contributed by atoms with Crippen molar-refractivity contribution in [3.05, 3.63) is 95.8 Å². The number of azo groups is 1. The Hall–Kier alpha value is -5.36. The lowest BCUT2D eigenvalue weighted by molar-refractivity contribution is -0.986. The highest BCUT2D eigenvalue weighted by atomic mass is 16.3.